The van der Waals surface area contributed by atoms with Crippen LogP contribution in [0.5, 0.6) is 0 Å². The van der Waals surface area contributed by atoms with Gasteiger partial charge in [-0.05, 0) is 37.3 Å². The number of anilines is 1. The maximum absolute atomic E-state index is 6.07. The number of halogens is 2. The standard InChI is InChI=1S/C13H14Cl2N4S/c1-8-9(7-19(2)18-8)6-16-13(20)17-12-4-3-10(14)5-11(12)15/h3-5,7H,6H2,1-2H3,(H2,16,17,20). The van der Waals surface area contributed by atoms with Crippen molar-refractivity contribution < 1.29 is 0 Å². The SMILES string of the molecule is Cc1nn(C)cc1CNC(=S)Nc1ccc(Cl)cc1Cl. The van der Waals surface area contributed by atoms with Gasteiger partial charge in [-0.25, -0.2) is 0 Å². The van der Waals surface area contributed by atoms with Crippen LogP contribution in [0.3, 0.4) is 0 Å². The lowest BCUT2D eigenvalue weighted by Crippen LogP contribution is -2.28. The molecule has 0 radical (unpaired) electrons. The van der Waals surface area contributed by atoms with Crippen LogP contribution in [0.2, 0.25) is 10.0 Å². The fourth-order valence-corrected chi connectivity index (χ4v) is 2.39. The Labute approximate surface area is 133 Å². The Bertz CT molecular complexity index is 639. The third-order valence-electron chi connectivity index (χ3n) is 2.73. The van der Waals surface area contributed by atoms with Gasteiger partial charge in [-0.2, -0.15) is 5.10 Å². The molecule has 0 aliphatic heterocycles. The Morgan fingerprint density at radius 1 is 1.40 bits per heavy atom. The van der Waals surface area contributed by atoms with Crippen LogP contribution >= 0.6 is 35.4 Å². The molecule has 0 saturated carbocycles. The van der Waals surface area contributed by atoms with Crippen LogP contribution in [0.15, 0.2) is 24.4 Å². The molecule has 2 rings (SSSR count). The maximum Gasteiger partial charge on any atom is 0.171 e. The number of aryl methyl sites for hydroxylation is 2. The van der Waals surface area contributed by atoms with Crippen LogP contribution in [0.4, 0.5) is 5.69 Å². The zero-order valence-electron chi connectivity index (χ0n) is 11.1. The second-order valence-corrected chi connectivity index (χ2v) is 5.60. The predicted octanol–water partition coefficient (Wildman–Crippen LogP) is 3.52. The summed E-state index contributed by atoms with van der Waals surface area (Å²) >= 11 is 17.2. The van der Waals surface area contributed by atoms with Gasteiger partial charge in [0.15, 0.2) is 5.11 Å². The molecular formula is C13H14Cl2N4S. The first kappa shape index (κ1) is 15.1. The van der Waals surface area contributed by atoms with Crippen molar-refractivity contribution in [1.82, 2.24) is 15.1 Å². The second-order valence-electron chi connectivity index (χ2n) is 4.35. The van der Waals surface area contributed by atoms with E-state index in [2.05, 4.69) is 15.7 Å². The Hall–Kier alpha value is -1.30. The van der Waals surface area contributed by atoms with Crippen LogP contribution in [-0.2, 0) is 13.6 Å². The van der Waals surface area contributed by atoms with E-state index in [1.54, 1.807) is 22.9 Å². The van der Waals surface area contributed by atoms with E-state index in [0.717, 1.165) is 16.9 Å². The Kier molecular flexibility index (Phi) is 4.86. The highest BCUT2D eigenvalue weighted by atomic mass is 35.5. The minimum Gasteiger partial charge on any atom is -0.358 e. The van der Waals surface area contributed by atoms with E-state index < -0.39 is 0 Å². The van der Waals surface area contributed by atoms with Gasteiger partial charge in [0.2, 0.25) is 0 Å². The summed E-state index contributed by atoms with van der Waals surface area (Å²) in [4.78, 5) is 0. The Morgan fingerprint density at radius 2 is 2.15 bits per heavy atom. The molecule has 0 aliphatic carbocycles. The largest absolute Gasteiger partial charge is 0.358 e. The van der Waals surface area contributed by atoms with Gasteiger partial charge in [0.05, 0.1) is 16.4 Å². The molecule has 2 aromatic rings. The van der Waals surface area contributed by atoms with E-state index in [1.807, 2.05) is 20.2 Å². The monoisotopic (exact) mass is 328 g/mol. The zero-order chi connectivity index (χ0) is 14.7. The van der Waals surface area contributed by atoms with E-state index in [0.29, 0.717) is 21.7 Å². The van der Waals surface area contributed by atoms with Gasteiger partial charge >= 0.3 is 0 Å². The minimum absolute atomic E-state index is 0.498. The number of nitrogens with zero attached hydrogens (tertiary/aromatic N) is 2. The van der Waals surface area contributed by atoms with Crippen molar-refractivity contribution >= 4 is 46.2 Å². The molecule has 0 fully saturated rings. The van der Waals surface area contributed by atoms with Crippen molar-refractivity contribution in [3.8, 4) is 0 Å². The first-order valence-corrected chi connectivity index (χ1v) is 7.11. The minimum atomic E-state index is 0.498. The molecule has 0 unspecified atom stereocenters. The van der Waals surface area contributed by atoms with E-state index in [1.165, 1.54) is 0 Å². The van der Waals surface area contributed by atoms with Crippen molar-refractivity contribution in [2.24, 2.45) is 7.05 Å². The smallest absolute Gasteiger partial charge is 0.171 e. The molecular weight excluding hydrogens is 315 g/mol. The third-order valence-corrected chi connectivity index (χ3v) is 3.53. The van der Waals surface area contributed by atoms with Crippen molar-refractivity contribution in [2.45, 2.75) is 13.5 Å². The number of hydrogen-bond donors (Lipinski definition) is 2. The van der Waals surface area contributed by atoms with E-state index in [4.69, 9.17) is 35.4 Å². The van der Waals surface area contributed by atoms with Gasteiger partial charge in [-0.3, -0.25) is 4.68 Å². The molecule has 4 nitrogen and oxygen atoms in total. The van der Waals surface area contributed by atoms with Gasteiger partial charge in [0, 0.05) is 30.4 Å². The quantitative estimate of drug-likeness (QED) is 0.846. The van der Waals surface area contributed by atoms with Gasteiger partial charge in [0.25, 0.3) is 0 Å². The summed E-state index contributed by atoms with van der Waals surface area (Å²) < 4.78 is 1.78. The maximum atomic E-state index is 6.07. The third kappa shape index (κ3) is 3.85. The summed E-state index contributed by atoms with van der Waals surface area (Å²) in [6.07, 6.45) is 1.96. The van der Waals surface area contributed by atoms with Crippen molar-refractivity contribution in [1.29, 1.82) is 0 Å². The molecule has 1 aromatic heterocycles. The number of benzene rings is 1. The first-order valence-electron chi connectivity index (χ1n) is 5.94. The fraction of sp³-hybridized carbons (Fsp3) is 0.231. The van der Waals surface area contributed by atoms with Gasteiger partial charge < -0.3 is 10.6 Å². The van der Waals surface area contributed by atoms with Gasteiger partial charge in [-0.15, -0.1) is 0 Å². The summed E-state index contributed by atoms with van der Waals surface area (Å²) in [5.41, 5.74) is 2.79. The highest BCUT2D eigenvalue weighted by Gasteiger charge is 2.06. The fourth-order valence-electron chi connectivity index (χ4n) is 1.76. The predicted molar refractivity (Wildman–Crippen MR) is 87.5 cm³/mol. The molecule has 0 amide bonds. The normalized spacial score (nSPS) is 10.4. The lowest BCUT2D eigenvalue weighted by molar-refractivity contribution is 0.756. The number of hydrogen-bond acceptors (Lipinski definition) is 2. The van der Waals surface area contributed by atoms with Crippen LogP contribution in [0.25, 0.3) is 0 Å². The molecule has 0 aliphatic rings. The van der Waals surface area contributed by atoms with Crippen LogP contribution < -0.4 is 10.6 Å². The molecule has 0 saturated heterocycles. The van der Waals surface area contributed by atoms with E-state index in [-0.39, 0.29) is 0 Å². The number of nitrogens with one attached hydrogen (secondary N) is 2. The molecule has 0 spiro atoms. The van der Waals surface area contributed by atoms with Crippen LogP contribution in [-0.4, -0.2) is 14.9 Å². The molecule has 0 bridgehead atoms. The molecule has 1 heterocycles. The average molecular weight is 329 g/mol. The Morgan fingerprint density at radius 3 is 2.75 bits per heavy atom. The first-order chi connectivity index (χ1) is 9.45. The average Bonchev–Trinajstić information content (AvgIpc) is 2.69. The lowest BCUT2D eigenvalue weighted by Gasteiger charge is -2.11. The number of rotatable bonds is 3. The Balaban J connectivity index is 1.94. The highest BCUT2D eigenvalue weighted by molar-refractivity contribution is 7.80. The van der Waals surface area contributed by atoms with Crippen molar-refractivity contribution in [2.75, 3.05) is 5.32 Å². The zero-order valence-corrected chi connectivity index (χ0v) is 13.4. The number of aromatic nitrogens is 2. The number of thiocarbonyl (C=S) groups is 1. The summed E-state index contributed by atoms with van der Waals surface area (Å²) in [5.74, 6) is 0. The van der Waals surface area contributed by atoms with Gasteiger partial charge in [-0.1, -0.05) is 23.2 Å². The van der Waals surface area contributed by atoms with Crippen LogP contribution in [0.1, 0.15) is 11.3 Å². The topological polar surface area (TPSA) is 41.9 Å². The molecule has 1 aromatic carbocycles. The summed E-state index contributed by atoms with van der Waals surface area (Å²) in [5, 5.41) is 12.0. The highest BCUT2D eigenvalue weighted by Crippen LogP contribution is 2.25. The molecule has 106 valence electrons. The summed E-state index contributed by atoms with van der Waals surface area (Å²) in [7, 11) is 1.89. The molecule has 20 heavy (non-hydrogen) atoms. The molecule has 7 heteroatoms. The summed E-state index contributed by atoms with van der Waals surface area (Å²) in [6.45, 7) is 2.57. The van der Waals surface area contributed by atoms with Crippen molar-refractivity contribution in [3.63, 3.8) is 0 Å². The van der Waals surface area contributed by atoms with Gasteiger partial charge in [0.1, 0.15) is 0 Å². The second kappa shape index (κ2) is 6.43. The lowest BCUT2D eigenvalue weighted by atomic mass is 10.3. The van der Waals surface area contributed by atoms with E-state index in [9.17, 15) is 0 Å². The van der Waals surface area contributed by atoms with E-state index >= 15 is 0 Å². The summed E-state index contributed by atoms with van der Waals surface area (Å²) in [6, 6.07) is 5.21. The molecule has 2 N–H and O–H groups in total. The molecule has 0 atom stereocenters. The van der Waals surface area contributed by atoms with Crippen molar-refractivity contribution in [3.05, 3.63) is 45.7 Å². The van der Waals surface area contributed by atoms with Crippen LogP contribution in [0, 0.1) is 6.92 Å².